The van der Waals surface area contributed by atoms with Gasteiger partial charge in [0.2, 0.25) is 0 Å². The number of carboxylic acid groups (broad SMARTS) is 2. The molecule has 0 bridgehead atoms. The van der Waals surface area contributed by atoms with Gasteiger partial charge in [-0.15, -0.1) is 0 Å². The number of rotatable bonds is 2. The Bertz CT molecular complexity index is 214. The van der Waals surface area contributed by atoms with Crippen molar-refractivity contribution >= 4 is 11.9 Å². The topological polar surface area (TPSA) is 128 Å². The van der Waals surface area contributed by atoms with Crippen molar-refractivity contribution in [3.05, 3.63) is 0 Å². The fourth-order valence-corrected chi connectivity index (χ4v) is 0.129. The number of nitriles is 2. The number of aliphatic carboxylic acids is 2. The normalized spacial score (nSPS) is 6.00. The zero-order valence-electron chi connectivity index (χ0n) is 6.65. The smallest absolute Gasteiger partial charge is 0.549 e. The van der Waals surface area contributed by atoms with E-state index in [0.29, 0.717) is 0 Å². The first-order chi connectivity index (χ1) is 5.54. The van der Waals surface area contributed by atoms with Crippen LogP contribution in [-0.4, -0.2) is 11.9 Å². The van der Waals surface area contributed by atoms with E-state index in [-0.39, 0.29) is 27.7 Å². The first-order valence-electron chi connectivity index (χ1n) is 2.68. The second kappa shape index (κ2) is 13.4. The van der Waals surface area contributed by atoms with Gasteiger partial charge < -0.3 is 19.8 Å². The van der Waals surface area contributed by atoms with Crippen LogP contribution in [0.2, 0.25) is 0 Å². The van der Waals surface area contributed by atoms with E-state index >= 15 is 0 Å². The van der Waals surface area contributed by atoms with Gasteiger partial charge in [0.15, 0.2) is 0 Å². The van der Waals surface area contributed by atoms with Gasteiger partial charge in [-0.1, -0.05) is 0 Å². The van der Waals surface area contributed by atoms with Crippen LogP contribution in [0, 0.1) is 22.7 Å². The number of carboxylic acids is 2. The van der Waals surface area contributed by atoms with Gasteiger partial charge >= 0.3 is 27.7 Å². The Morgan fingerprint density at radius 3 is 1.23 bits per heavy atom. The van der Waals surface area contributed by atoms with E-state index in [4.69, 9.17) is 10.5 Å². The van der Waals surface area contributed by atoms with Crippen molar-refractivity contribution in [3.63, 3.8) is 0 Å². The number of carbonyl (C=O) groups excluding carboxylic acids is 2. The molecule has 0 unspecified atom stereocenters. The van der Waals surface area contributed by atoms with E-state index in [1.165, 1.54) is 12.1 Å². The second-order valence-electron chi connectivity index (χ2n) is 1.41. The van der Waals surface area contributed by atoms with Crippen LogP contribution >= 0.6 is 0 Å². The third-order valence-electron chi connectivity index (χ3n) is 0.447. The van der Waals surface area contributed by atoms with Crippen molar-refractivity contribution in [2.24, 2.45) is 0 Å². The molecule has 0 heterocycles. The molecule has 0 radical (unpaired) electrons. The predicted octanol–water partition coefficient (Wildman–Crippen LogP) is -2.70. The largest absolute Gasteiger partial charge is 2.00 e. The molecule has 0 aliphatic rings. The summed E-state index contributed by atoms with van der Waals surface area (Å²) in [6.07, 6.45) is -1.03. The molecule has 0 aromatic heterocycles. The van der Waals surface area contributed by atoms with Gasteiger partial charge in [0.1, 0.15) is 0 Å². The summed E-state index contributed by atoms with van der Waals surface area (Å²) in [5.41, 5.74) is 0. The molecule has 6 nitrogen and oxygen atoms in total. The molecule has 0 saturated carbocycles. The minimum absolute atomic E-state index is 0. The van der Waals surface area contributed by atoms with Crippen molar-refractivity contribution < 1.29 is 47.5 Å². The Hall–Kier alpha value is -1.14. The zero-order chi connectivity index (χ0) is 9.98. The summed E-state index contributed by atoms with van der Waals surface area (Å²) in [5, 5.41) is 33.7. The molecule has 0 aliphatic carbocycles. The van der Waals surface area contributed by atoms with Crippen LogP contribution in [0.3, 0.4) is 0 Å². The van der Waals surface area contributed by atoms with Crippen LogP contribution in [0.15, 0.2) is 0 Å². The molecular weight excluding hydrogens is 365 g/mol. The minimum atomic E-state index is -1.32. The van der Waals surface area contributed by atoms with Crippen LogP contribution in [0.25, 0.3) is 0 Å². The molecular formula is C6H4HgN2O4. The van der Waals surface area contributed by atoms with Gasteiger partial charge in [-0.05, 0) is 0 Å². The summed E-state index contributed by atoms with van der Waals surface area (Å²) in [5.74, 6) is -2.64. The molecule has 0 saturated heterocycles. The number of hydrogen-bond donors (Lipinski definition) is 0. The molecule has 0 N–H and O–H groups in total. The van der Waals surface area contributed by atoms with E-state index in [9.17, 15) is 19.8 Å². The third kappa shape index (κ3) is 36.1. The summed E-state index contributed by atoms with van der Waals surface area (Å²) in [7, 11) is 0. The number of nitrogens with zero attached hydrogens (tertiary/aromatic N) is 2. The predicted molar refractivity (Wildman–Crippen MR) is 30.5 cm³/mol. The van der Waals surface area contributed by atoms with Crippen LogP contribution < -0.4 is 10.2 Å². The fraction of sp³-hybridized carbons (Fsp3) is 0.333. The molecule has 0 aromatic rings. The Balaban J connectivity index is -0.000000143. The maximum atomic E-state index is 9.27. The molecule has 0 spiro atoms. The van der Waals surface area contributed by atoms with Gasteiger partial charge in [-0.2, -0.15) is 10.5 Å². The quantitative estimate of drug-likeness (QED) is 0.488. The Kier molecular flexibility index (Phi) is 18.4. The van der Waals surface area contributed by atoms with E-state index in [1.807, 2.05) is 0 Å². The molecule has 0 amide bonds. The van der Waals surface area contributed by atoms with Crippen LogP contribution in [0.5, 0.6) is 0 Å². The van der Waals surface area contributed by atoms with Crippen LogP contribution in [0.1, 0.15) is 12.8 Å². The van der Waals surface area contributed by atoms with Gasteiger partial charge in [-0.3, -0.25) is 0 Å². The summed E-state index contributed by atoms with van der Waals surface area (Å²) >= 11 is 0. The standard InChI is InChI=1S/2C3H3NO2.Hg/c2*4-2-1-3(5)6;/h2*1H2,(H,5,6);/q;;+2/p-2. The van der Waals surface area contributed by atoms with Gasteiger partial charge in [-0.25, -0.2) is 0 Å². The summed E-state index contributed by atoms with van der Waals surface area (Å²) in [6, 6.07) is 2.81. The minimum Gasteiger partial charge on any atom is -0.549 e. The second-order valence-corrected chi connectivity index (χ2v) is 1.41. The van der Waals surface area contributed by atoms with Gasteiger partial charge in [0.25, 0.3) is 0 Å². The average Bonchev–Trinajstić information content (AvgIpc) is 1.87. The van der Waals surface area contributed by atoms with Gasteiger partial charge in [0.05, 0.1) is 36.9 Å². The molecule has 64 valence electrons. The maximum Gasteiger partial charge on any atom is 2.00 e. The Morgan fingerprint density at radius 1 is 1.00 bits per heavy atom. The SMILES string of the molecule is N#CCC(=O)[O-].N#CCC(=O)[O-].[Hg+2]. The van der Waals surface area contributed by atoms with Crippen molar-refractivity contribution in [1.29, 1.82) is 10.5 Å². The summed E-state index contributed by atoms with van der Waals surface area (Å²) < 4.78 is 0. The van der Waals surface area contributed by atoms with E-state index < -0.39 is 24.8 Å². The third-order valence-corrected chi connectivity index (χ3v) is 0.447. The van der Waals surface area contributed by atoms with Crippen LogP contribution in [0.4, 0.5) is 0 Å². The molecule has 0 aliphatic heterocycles. The van der Waals surface area contributed by atoms with E-state index in [2.05, 4.69) is 0 Å². The molecule has 7 heteroatoms. The van der Waals surface area contributed by atoms with Crippen molar-refractivity contribution in [3.8, 4) is 12.1 Å². The van der Waals surface area contributed by atoms with Crippen LogP contribution in [-0.2, 0) is 37.3 Å². The number of carbonyl (C=O) groups is 2. The van der Waals surface area contributed by atoms with Crippen molar-refractivity contribution in [2.75, 3.05) is 0 Å². The Morgan fingerprint density at radius 2 is 1.23 bits per heavy atom. The maximum absolute atomic E-state index is 9.27. The molecule has 13 heavy (non-hydrogen) atoms. The van der Waals surface area contributed by atoms with Gasteiger partial charge in [0, 0.05) is 0 Å². The van der Waals surface area contributed by atoms with Crippen molar-refractivity contribution in [2.45, 2.75) is 12.8 Å². The molecule has 0 rings (SSSR count). The fourth-order valence-electron chi connectivity index (χ4n) is 0.129. The van der Waals surface area contributed by atoms with E-state index in [0.717, 1.165) is 0 Å². The first kappa shape index (κ1) is 17.8. The first-order valence-corrected chi connectivity index (χ1v) is 2.68. The molecule has 0 aromatic carbocycles. The molecule has 0 fully saturated rings. The molecule has 0 atom stereocenters. The Labute approximate surface area is 94.9 Å². The van der Waals surface area contributed by atoms with Crippen molar-refractivity contribution in [1.82, 2.24) is 0 Å². The van der Waals surface area contributed by atoms with E-state index in [1.54, 1.807) is 0 Å². The average molecular weight is 369 g/mol. The summed E-state index contributed by atoms with van der Waals surface area (Å²) in [4.78, 5) is 18.5. The zero-order valence-corrected chi connectivity index (χ0v) is 12.1. The summed E-state index contributed by atoms with van der Waals surface area (Å²) in [6.45, 7) is 0. The number of hydrogen-bond acceptors (Lipinski definition) is 6. The monoisotopic (exact) mass is 370 g/mol.